The summed E-state index contributed by atoms with van der Waals surface area (Å²) in [6, 6.07) is 2.17. The number of hydrogen-bond donors (Lipinski definition) is 0. The fraction of sp³-hybridized carbons (Fsp3) is 0.722. The lowest BCUT2D eigenvalue weighted by Crippen LogP contribution is -2.28. The summed E-state index contributed by atoms with van der Waals surface area (Å²) < 4.78 is 0. The van der Waals surface area contributed by atoms with E-state index < -0.39 is 0 Å². The first-order chi connectivity index (χ1) is 10.2. The molecule has 2 fully saturated rings. The highest BCUT2D eigenvalue weighted by Gasteiger charge is 2.26. The van der Waals surface area contributed by atoms with Crippen molar-refractivity contribution in [2.24, 2.45) is 11.8 Å². The van der Waals surface area contributed by atoms with Crippen LogP contribution in [0.2, 0.25) is 0 Å². The number of hydrogen-bond acceptors (Lipinski definition) is 3. The zero-order chi connectivity index (χ0) is 14.7. The smallest absolute Gasteiger partial charge is 0.175 e. The van der Waals surface area contributed by atoms with Crippen LogP contribution in [0.1, 0.15) is 67.1 Å². The van der Waals surface area contributed by atoms with Gasteiger partial charge in [-0.25, -0.2) is 0 Å². The molecule has 2 heterocycles. The molecule has 0 amide bonds. The lowest BCUT2D eigenvalue weighted by molar-refractivity contribution is 0.0880. The van der Waals surface area contributed by atoms with Crippen molar-refractivity contribution in [2.45, 2.75) is 58.4 Å². The summed E-state index contributed by atoms with van der Waals surface area (Å²) in [6.45, 7) is 5.79. The second-order valence-corrected chi connectivity index (χ2v) is 7.89. The van der Waals surface area contributed by atoms with Gasteiger partial charge in [0, 0.05) is 12.5 Å². The van der Waals surface area contributed by atoms with Crippen LogP contribution < -0.4 is 0 Å². The molecule has 3 heteroatoms. The number of carbonyl (C=O) groups is 1. The Hall–Kier alpha value is -0.670. The van der Waals surface area contributed by atoms with Gasteiger partial charge in [0.15, 0.2) is 5.78 Å². The number of thiophene rings is 1. The number of Topliss-reactive ketones (excluding diaryl/α,β-unsaturated/α-hetero) is 1. The van der Waals surface area contributed by atoms with Gasteiger partial charge in [-0.1, -0.05) is 26.2 Å². The Morgan fingerprint density at radius 2 is 1.90 bits per heavy atom. The molecular weight excluding hydrogens is 278 g/mol. The lowest BCUT2D eigenvalue weighted by Gasteiger charge is -2.26. The van der Waals surface area contributed by atoms with Crippen LogP contribution in [0, 0.1) is 11.8 Å². The molecule has 0 bridgehead atoms. The van der Waals surface area contributed by atoms with Gasteiger partial charge in [-0.15, -0.1) is 11.3 Å². The fourth-order valence-corrected chi connectivity index (χ4v) is 4.61. The predicted octanol–water partition coefficient (Wildman–Crippen LogP) is 4.74. The number of rotatable bonds is 4. The fourth-order valence-electron chi connectivity index (χ4n) is 3.69. The highest BCUT2D eigenvalue weighted by molar-refractivity contribution is 7.12. The van der Waals surface area contributed by atoms with Gasteiger partial charge in [-0.2, -0.15) is 0 Å². The molecule has 0 aromatic carbocycles. The largest absolute Gasteiger partial charge is 0.299 e. The van der Waals surface area contributed by atoms with E-state index >= 15 is 0 Å². The standard InChI is InChI=1S/C18H27NOS/c1-14-5-7-16(8-6-14)18(20)17-11-15(13-21-17)12-19-9-3-2-4-10-19/h11,13-14,16H,2-10,12H2,1H3. The van der Waals surface area contributed by atoms with Gasteiger partial charge in [-0.05, 0) is 61.7 Å². The Morgan fingerprint density at radius 1 is 1.19 bits per heavy atom. The van der Waals surface area contributed by atoms with Crippen LogP contribution in [0.5, 0.6) is 0 Å². The molecule has 0 unspecified atom stereocenters. The maximum atomic E-state index is 12.6. The Bertz CT molecular complexity index is 467. The maximum absolute atomic E-state index is 12.6. The quantitative estimate of drug-likeness (QED) is 0.749. The molecule has 0 N–H and O–H groups in total. The summed E-state index contributed by atoms with van der Waals surface area (Å²) in [4.78, 5) is 16.1. The van der Waals surface area contributed by atoms with E-state index in [2.05, 4.69) is 23.3 Å². The molecule has 3 rings (SSSR count). The Morgan fingerprint density at radius 3 is 2.62 bits per heavy atom. The van der Waals surface area contributed by atoms with Gasteiger partial charge in [0.25, 0.3) is 0 Å². The molecule has 2 nitrogen and oxygen atoms in total. The predicted molar refractivity (Wildman–Crippen MR) is 88.9 cm³/mol. The highest BCUT2D eigenvalue weighted by atomic mass is 32.1. The Balaban J connectivity index is 1.57. The van der Waals surface area contributed by atoms with Crippen molar-refractivity contribution in [1.29, 1.82) is 0 Å². The van der Waals surface area contributed by atoms with E-state index in [-0.39, 0.29) is 0 Å². The zero-order valence-corrected chi connectivity index (χ0v) is 14.0. The summed E-state index contributed by atoms with van der Waals surface area (Å²) in [5.41, 5.74) is 1.34. The third-order valence-corrected chi connectivity index (χ3v) is 6.13. The van der Waals surface area contributed by atoms with Crippen molar-refractivity contribution < 1.29 is 4.79 Å². The van der Waals surface area contributed by atoms with Crippen LogP contribution >= 0.6 is 11.3 Å². The summed E-state index contributed by atoms with van der Waals surface area (Å²) in [5, 5.41) is 2.20. The SMILES string of the molecule is CC1CCC(C(=O)c2cc(CN3CCCCC3)cs2)CC1. The van der Waals surface area contributed by atoms with Crippen LogP contribution in [0.4, 0.5) is 0 Å². The van der Waals surface area contributed by atoms with Gasteiger partial charge < -0.3 is 0 Å². The van der Waals surface area contributed by atoms with Crippen molar-refractivity contribution in [3.8, 4) is 0 Å². The third kappa shape index (κ3) is 3.95. The number of carbonyl (C=O) groups excluding carboxylic acids is 1. The second-order valence-electron chi connectivity index (χ2n) is 6.98. The molecule has 1 saturated carbocycles. The van der Waals surface area contributed by atoms with E-state index in [1.165, 1.54) is 50.8 Å². The number of piperidine rings is 1. The van der Waals surface area contributed by atoms with Gasteiger partial charge >= 0.3 is 0 Å². The molecule has 0 spiro atoms. The molecule has 0 atom stereocenters. The van der Waals surface area contributed by atoms with Crippen LogP contribution in [-0.4, -0.2) is 23.8 Å². The van der Waals surface area contributed by atoms with Gasteiger partial charge in [0.2, 0.25) is 0 Å². The van der Waals surface area contributed by atoms with Gasteiger partial charge in [0.1, 0.15) is 0 Å². The monoisotopic (exact) mass is 305 g/mol. The Labute approximate surface area is 132 Å². The van der Waals surface area contributed by atoms with E-state index in [9.17, 15) is 4.79 Å². The first kappa shape index (κ1) is 15.2. The molecule has 1 aliphatic carbocycles. The first-order valence-electron chi connectivity index (χ1n) is 8.56. The minimum absolute atomic E-state index is 0.294. The summed E-state index contributed by atoms with van der Waals surface area (Å²) in [6.07, 6.45) is 8.68. The van der Waals surface area contributed by atoms with E-state index in [0.717, 1.165) is 30.2 Å². The van der Waals surface area contributed by atoms with Crippen molar-refractivity contribution in [3.63, 3.8) is 0 Å². The van der Waals surface area contributed by atoms with E-state index in [1.807, 2.05) is 0 Å². The number of likely N-dealkylation sites (tertiary alicyclic amines) is 1. The van der Waals surface area contributed by atoms with Gasteiger partial charge in [-0.3, -0.25) is 9.69 Å². The number of nitrogens with zero attached hydrogens (tertiary/aromatic N) is 1. The van der Waals surface area contributed by atoms with Crippen LogP contribution in [0.3, 0.4) is 0 Å². The summed E-state index contributed by atoms with van der Waals surface area (Å²) in [5.74, 6) is 1.52. The normalized spacial score (nSPS) is 27.7. The molecule has 21 heavy (non-hydrogen) atoms. The van der Waals surface area contributed by atoms with Gasteiger partial charge in [0.05, 0.1) is 4.88 Å². The average molecular weight is 305 g/mol. The molecular formula is C18H27NOS. The molecule has 116 valence electrons. The van der Waals surface area contributed by atoms with Crippen LogP contribution in [0.15, 0.2) is 11.4 Å². The van der Waals surface area contributed by atoms with Crippen LogP contribution in [0.25, 0.3) is 0 Å². The number of ketones is 1. The minimum atomic E-state index is 0.294. The Kier molecular flexibility index (Phi) is 5.12. The summed E-state index contributed by atoms with van der Waals surface area (Å²) in [7, 11) is 0. The third-order valence-electron chi connectivity index (χ3n) is 5.14. The van der Waals surface area contributed by atoms with Crippen LogP contribution in [-0.2, 0) is 6.54 Å². The zero-order valence-electron chi connectivity index (χ0n) is 13.1. The lowest BCUT2D eigenvalue weighted by atomic mass is 9.80. The van der Waals surface area contributed by atoms with Crippen molar-refractivity contribution in [3.05, 3.63) is 21.9 Å². The minimum Gasteiger partial charge on any atom is -0.299 e. The topological polar surface area (TPSA) is 20.3 Å². The molecule has 1 aliphatic heterocycles. The average Bonchev–Trinajstić information content (AvgIpc) is 2.97. The summed E-state index contributed by atoms with van der Waals surface area (Å²) >= 11 is 1.66. The van der Waals surface area contributed by atoms with E-state index in [1.54, 1.807) is 11.3 Å². The highest BCUT2D eigenvalue weighted by Crippen LogP contribution is 2.32. The second kappa shape index (κ2) is 7.06. The molecule has 0 radical (unpaired) electrons. The molecule has 1 saturated heterocycles. The van der Waals surface area contributed by atoms with E-state index in [4.69, 9.17) is 0 Å². The molecule has 2 aliphatic rings. The van der Waals surface area contributed by atoms with Crippen molar-refractivity contribution in [1.82, 2.24) is 4.90 Å². The van der Waals surface area contributed by atoms with Crippen molar-refractivity contribution in [2.75, 3.05) is 13.1 Å². The molecule has 1 aromatic rings. The maximum Gasteiger partial charge on any atom is 0.175 e. The van der Waals surface area contributed by atoms with E-state index in [0.29, 0.717) is 11.7 Å². The molecule has 1 aromatic heterocycles. The first-order valence-corrected chi connectivity index (χ1v) is 9.44. The van der Waals surface area contributed by atoms with Crippen molar-refractivity contribution >= 4 is 17.1 Å².